The summed E-state index contributed by atoms with van der Waals surface area (Å²) in [6.45, 7) is 2.17. The van der Waals surface area contributed by atoms with Gasteiger partial charge < -0.3 is 19.7 Å². The summed E-state index contributed by atoms with van der Waals surface area (Å²) in [5, 5.41) is 3.37. The van der Waals surface area contributed by atoms with Gasteiger partial charge in [0.25, 0.3) is 5.91 Å². The molecule has 1 aliphatic rings. The normalized spacial score (nSPS) is 17.4. The number of carbonyl (C=O) groups is 1. The average Bonchev–Trinajstić information content (AvgIpc) is 2.67. The van der Waals surface area contributed by atoms with Crippen LogP contribution >= 0.6 is 0 Å². The molecule has 1 amide bonds. The Morgan fingerprint density at radius 1 is 1.08 bits per heavy atom. The second-order valence-corrected chi connectivity index (χ2v) is 5.69. The molecular formula is C19H22N2O3. The van der Waals surface area contributed by atoms with E-state index in [1.54, 1.807) is 14.2 Å². The van der Waals surface area contributed by atoms with Crippen LogP contribution in [0.15, 0.2) is 48.5 Å². The number of hydrogen-bond donors (Lipinski definition) is 1. The molecule has 2 aromatic carbocycles. The molecule has 0 aromatic heterocycles. The molecule has 126 valence electrons. The maximum absolute atomic E-state index is 13.1. The van der Waals surface area contributed by atoms with Crippen molar-refractivity contribution >= 4 is 5.91 Å². The zero-order valence-electron chi connectivity index (χ0n) is 14.0. The van der Waals surface area contributed by atoms with Gasteiger partial charge in [-0.2, -0.15) is 0 Å². The third kappa shape index (κ3) is 3.21. The van der Waals surface area contributed by atoms with E-state index in [-0.39, 0.29) is 11.9 Å². The van der Waals surface area contributed by atoms with Crippen molar-refractivity contribution in [2.45, 2.75) is 6.04 Å². The highest BCUT2D eigenvalue weighted by Gasteiger charge is 2.29. The van der Waals surface area contributed by atoms with Crippen LogP contribution in [0.25, 0.3) is 0 Å². The summed E-state index contributed by atoms with van der Waals surface area (Å²) in [6, 6.07) is 15.2. The standard InChI is InChI=1S/C19H22N2O3/c1-23-15-9-7-14(8-10-15)17-13-20-11-12-21(17)19(22)16-5-3-4-6-18(16)24-2/h3-10,17,20H,11-13H2,1-2H3/t17-/m0/s1. The molecule has 3 rings (SSSR count). The molecule has 5 heteroatoms. The number of ether oxygens (including phenoxy) is 2. The van der Waals surface area contributed by atoms with Crippen LogP contribution in [0.4, 0.5) is 0 Å². The van der Waals surface area contributed by atoms with E-state index in [4.69, 9.17) is 9.47 Å². The Morgan fingerprint density at radius 2 is 1.83 bits per heavy atom. The molecule has 0 aliphatic carbocycles. The number of carbonyl (C=O) groups excluding carboxylic acids is 1. The van der Waals surface area contributed by atoms with Crippen LogP contribution in [0.3, 0.4) is 0 Å². The minimum atomic E-state index is -0.0120. The molecular weight excluding hydrogens is 304 g/mol. The van der Waals surface area contributed by atoms with Crippen molar-refractivity contribution in [3.05, 3.63) is 59.7 Å². The summed E-state index contributed by atoms with van der Waals surface area (Å²) in [5.41, 5.74) is 1.69. The lowest BCUT2D eigenvalue weighted by atomic mass is 10.0. The number of hydrogen-bond acceptors (Lipinski definition) is 4. The van der Waals surface area contributed by atoms with Gasteiger partial charge in [0, 0.05) is 19.6 Å². The van der Waals surface area contributed by atoms with E-state index >= 15 is 0 Å². The second-order valence-electron chi connectivity index (χ2n) is 5.69. The van der Waals surface area contributed by atoms with Crippen molar-refractivity contribution in [3.8, 4) is 11.5 Å². The van der Waals surface area contributed by atoms with Crippen LogP contribution in [-0.2, 0) is 0 Å². The molecule has 1 N–H and O–H groups in total. The van der Waals surface area contributed by atoms with Gasteiger partial charge in [0.1, 0.15) is 11.5 Å². The average molecular weight is 326 g/mol. The molecule has 1 aliphatic heterocycles. The summed E-state index contributed by atoms with van der Waals surface area (Å²) < 4.78 is 10.6. The molecule has 24 heavy (non-hydrogen) atoms. The van der Waals surface area contributed by atoms with Crippen molar-refractivity contribution in [2.24, 2.45) is 0 Å². The molecule has 0 radical (unpaired) electrons. The number of rotatable bonds is 4. The fourth-order valence-corrected chi connectivity index (χ4v) is 3.05. The van der Waals surface area contributed by atoms with E-state index in [2.05, 4.69) is 5.32 Å². The molecule has 1 atom stereocenters. The van der Waals surface area contributed by atoms with E-state index in [9.17, 15) is 4.79 Å². The first-order chi connectivity index (χ1) is 11.7. The number of benzene rings is 2. The van der Waals surface area contributed by atoms with Crippen LogP contribution in [0.1, 0.15) is 22.0 Å². The smallest absolute Gasteiger partial charge is 0.258 e. The Balaban J connectivity index is 1.89. The summed E-state index contributed by atoms with van der Waals surface area (Å²) in [7, 11) is 3.24. The van der Waals surface area contributed by atoms with Gasteiger partial charge in [-0.05, 0) is 29.8 Å². The second kappa shape index (κ2) is 7.36. The summed E-state index contributed by atoms with van der Waals surface area (Å²) in [6.07, 6.45) is 0. The van der Waals surface area contributed by atoms with Crippen LogP contribution in [0, 0.1) is 0 Å². The molecule has 2 aromatic rings. The fraction of sp³-hybridized carbons (Fsp3) is 0.316. The summed E-state index contributed by atoms with van der Waals surface area (Å²) >= 11 is 0. The topological polar surface area (TPSA) is 50.8 Å². The third-order valence-electron chi connectivity index (χ3n) is 4.34. The van der Waals surface area contributed by atoms with Crippen molar-refractivity contribution in [1.29, 1.82) is 0 Å². The van der Waals surface area contributed by atoms with Gasteiger partial charge in [-0.15, -0.1) is 0 Å². The quantitative estimate of drug-likeness (QED) is 0.938. The number of nitrogens with zero attached hydrogens (tertiary/aromatic N) is 1. The highest BCUT2D eigenvalue weighted by molar-refractivity contribution is 5.97. The maximum atomic E-state index is 13.1. The first kappa shape index (κ1) is 16.3. The van der Waals surface area contributed by atoms with E-state index in [0.29, 0.717) is 17.9 Å². The van der Waals surface area contributed by atoms with Crippen LogP contribution < -0.4 is 14.8 Å². The zero-order chi connectivity index (χ0) is 16.9. The first-order valence-corrected chi connectivity index (χ1v) is 8.03. The van der Waals surface area contributed by atoms with Gasteiger partial charge >= 0.3 is 0 Å². The number of nitrogens with one attached hydrogen (secondary N) is 1. The van der Waals surface area contributed by atoms with E-state index in [1.165, 1.54) is 0 Å². The highest BCUT2D eigenvalue weighted by atomic mass is 16.5. The number of piperazine rings is 1. The molecule has 5 nitrogen and oxygen atoms in total. The molecule has 0 saturated carbocycles. The minimum Gasteiger partial charge on any atom is -0.497 e. The Labute approximate surface area is 142 Å². The van der Waals surface area contributed by atoms with E-state index < -0.39 is 0 Å². The van der Waals surface area contributed by atoms with Crippen LogP contribution in [0.5, 0.6) is 11.5 Å². The SMILES string of the molecule is COc1ccc([C@@H]2CNCCN2C(=O)c2ccccc2OC)cc1. The molecule has 0 bridgehead atoms. The number of methoxy groups -OCH3 is 2. The minimum absolute atomic E-state index is 0.00484. The molecule has 1 fully saturated rings. The predicted octanol–water partition coefficient (Wildman–Crippen LogP) is 2.49. The monoisotopic (exact) mass is 326 g/mol. The van der Waals surface area contributed by atoms with E-state index in [1.807, 2.05) is 53.4 Å². The first-order valence-electron chi connectivity index (χ1n) is 8.03. The lowest BCUT2D eigenvalue weighted by molar-refractivity contribution is 0.0631. The fourth-order valence-electron chi connectivity index (χ4n) is 3.05. The van der Waals surface area contributed by atoms with Crippen LogP contribution in [0.2, 0.25) is 0 Å². The van der Waals surface area contributed by atoms with Gasteiger partial charge in [-0.1, -0.05) is 24.3 Å². The Hall–Kier alpha value is -2.53. The molecule has 1 saturated heterocycles. The Bertz CT molecular complexity index is 700. The van der Waals surface area contributed by atoms with Gasteiger partial charge in [-0.25, -0.2) is 0 Å². The van der Waals surface area contributed by atoms with Gasteiger partial charge in [0.05, 0.1) is 25.8 Å². The Morgan fingerprint density at radius 3 is 2.54 bits per heavy atom. The number of amides is 1. The van der Waals surface area contributed by atoms with E-state index in [0.717, 1.165) is 24.4 Å². The highest BCUT2D eigenvalue weighted by Crippen LogP contribution is 2.28. The largest absolute Gasteiger partial charge is 0.497 e. The van der Waals surface area contributed by atoms with Gasteiger partial charge in [0.15, 0.2) is 0 Å². The lowest BCUT2D eigenvalue weighted by Gasteiger charge is -2.37. The van der Waals surface area contributed by atoms with Crippen LogP contribution in [-0.4, -0.2) is 44.7 Å². The van der Waals surface area contributed by atoms with Gasteiger partial charge in [-0.3, -0.25) is 4.79 Å². The molecule has 0 spiro atoms. The van der Waals surface area contributed by atoms with Crippen molar-refractivity contribution in [2.75, 3.05) is 33.9 Å². The Kier molecular flexibility index (Phi) is 5.01. The third-order valence-corrected chi connectivity index (χ3v) is 4.34. The maximum Gasteiger partial charge on any atom is 0.258 e. The molecule has 1 heterocycles. The zero-order valence-corrected chi connectivity index (χ0v) is 14.0. The predicted molar refractivity (Wildman–Crippen MR) is 92.6 cm³/mol. The van der Waals surface area contributed by atoms with Gasteiger partial charge in [0.2, 0.25) is 0 Å². The molecule has 0 unspecified atom stereocenters. The summed E-state index contributed by atoms with van der Waals surface area (Å²) in [5.74, 6) is 1.41. The van der Waals surface area contributed by atoms with Crippen molar-refractivity contribution < 1.29 is 14.3 Å². The number of para-hydroxylation sites is 1. The lowest BCUT2D eigenvalue weighted by Crippen LogP contribution is -2.48. The summed E-state index contributed by atoms with van der Waals surface area (Å²) in [4.78, 5) is 15.0. The van der Waals surface area contributed by atoms with Crippen molar-refractivity contribution in [1.82, 2.24) is 10.2 Å². The van der Waals surface area contributed by atoms with Crippen molar-refractivity contribution in [3.63, 3.8) is 0 Å².